The predicted octanol–water partition coefficient (Wildman–Crippen LogP) is 1.47. The number of hydrogen-bond acceptors (Lipinski definition) is 6. The maximum absolute atomic E-state index is 12.5. The lowest BCUT2D eigenvalue weighted by Crippen LogP contribution is -2.15. The Hall–Kier alpha value is -2.94. The molecule has 1 heterocycles. The fourth-order valence-electron chi connectivity index (χ4n) is 2.00. The number of nitrogens with one attached hydrogen (secondary N) is 1. The van der Waals surface area contributed by atoms with Crippen molar-refractivity contribution in [2.75, 3.05) is 11.8 Å². The van der Waals surface area contributed by atoms with Crippen LogP contribution in [0.3, 0.4) is 0 Å². The van der Waals surface area contributed by atoms with Crippen molar-refractivity contribution in [1.82, 2.24) is 20.2 Å². The molecule has 3 aromatic rings. The third-order valence-corrected chi connectivity index (χ3v) is 4.48. The minimum absolute atomic E-state index is 0.158. The smallest absolute Gasteiger partial charge is 0.261 e. The fourth-order valence-corrected chi connectivity index (χ4v) is 3.08. The van der Waals surface area contributed by atoms with Crippen LogP contribution in [0.1, 0.15) is 0 Å². The molecule has 0 aliphatic carbocycles. The number of methoxy groups -OCH3 is 1. The number of nitrogens with zero attached hydrogens (tertiary/aromatic N) is 4. The van der Waals surface area contributed by atoms with Crippen LogP contribution in [0.25, 0.3) is 5.69 Å². The van der Waals surface area contributed by atoms with E-state index < -0.39 is 10.0 Å². The minimum Gasteiger partial charge on any atom is -0.497 e. The first-order valence-electron chi connectivity index (χ1n) is 6.59. The standard InChI is InChI=1S/C14H13N5O3S/c1-22-11-7-8-14(19-10-15-17-18-19)13(9-11)16-23(20,21)12-5-3-2-4-6-12/h2-10,16H,1H3. The van der Waals surface area contributed by atoms with Gasteiger partial charge < -0.3 is 4.74 Å². The van der Waals surface area contributed by atoms with E-state index in [1.165, 1.54) is 30.3 Å². The number of sulfonamides is 1. The highest BCUT2D eigenvalue weighted by Crippen LogP contribution is 2.27. The number of benzene rings is 2. The third-order valence-electron chi connectivity index (χ3n) is 3.10. The van der Waals surface area contributed by atoms with Crippen molar-refractivity contribution in [2.24, 2.45) is 0 Å². The Bertz CT molecular complexity index is 895. The molecule has 2 aromatic carbocycles. The van der Waals surface area contributed by atoms with E-state index in [4.69, 9.17) is 4.74 Å². The van der Waals surface area contributed by atoms with E-state index in [9.17, 15) is 8.42 Å². The Balaban J connectivity index is 2.05. The van der Waals surface area contributed by atoms with E-state index in [1.807, 2.05) is 0 Å². The molecule has 0 atom stereocenters. The van der Waals surface area contributed by atoms with E-state index in [-0.39, 0.29) is 4.90 Å². The van der Waals surface area contributed by atoms with E-state index in [1.54, 1.807) is 36.4 Å². The molecule has 0 spiro atoms. The molecule has 0 saturated heterocycles. The maximum Gasteiger partial charge on any atom is 0.261 e. The van der Waals surface area contributed by atoms with E-state index in [0.29, 0.717) is 17.1 Å². The monoisotopic (exact) mass is 331 g/mol. The molecule has 0 radical (unpaired) electrons. The molecule has 0 bridgehead atoms. The Labute approximate surface area is 132 Å². The highest BCUT2D eigenvalue weighted by atomic mass is 32.2. The second kappa shape index (κ2) is 6.05. The number of rotatable bonds is 5. The first-order valence-corrected chi connectivity index (χ1v) is 8.08. The van der Waals surface area contributed by atoms with Crippen molar-refractivity contribution in [3.8, 4) is 11.4 Å². The summed E-state index contributed by atoms with van der Waals surface area (Å²) in [6.07, 6.45) is 1.38. The fraction of sp³-hybridized carbons (Fsp3) is 0.0714. The zero-order valence-corrected chi connectivity index (χ0v) is 12.9. The number of ether oxygens (including phenoxy) is 1. The van der Waals surface area contributed by atoms with Gasteiger partial charge in [0.05, 0.1) is 23.4 Å². The van der Waals surface area contributed by atoms with Gasteiger partial charge in [0, 0.05) is 6.07 Å². The van der Waals surface area contributed by atoms with Crippen LogP contribution in [0.4, 0.5) is 5.69 Å². The molecule has 0 amide bonds. The summed E-state index contributed by atoms with van der Waals surface area (Å²) in [6.45, 7) is 0. The highest BCUT2D eigenvalue weighted by Gasteiger charge is 2.17. The van der Waals surface area contributed by atoms with Gasteiger partial charge in [-0.3, -0.25) is 4.72 Å². The van der Waals surface area contributed by atoms with Crippen LogP contribution in [0.15, 0.2) is 59.8 Å². The van der Waals surface area contributed by atoms with Crippen LogP contribution < -0.4 is 9.46 Å². The topological polar surface area (TPSA) is 99.0 Å². The quantitative estimate of drug-likeness (QED) is 0.760. The summed E-state index contributed by atoms with van der Waals surface area (Å²) in [4.78, 5) is 0.158. The summed E-state index contributed by atoms with van der Waals surface area (Å²) in [7, 11) is -2.24. The van der Waals surface area contributed by atoms with Gasteiger partial charge >= 0.3 is 0 Å². The number of anilines is 1. The Morgan fingerprint density at radius 1 is 1.13 bits per heavy atom. The van der Waals surface area contributed by atoms with Crippen molar-refractivity contribution in [2.45, 2.75) is 4.90 Å². The molecule has 0 unspecified atom stereocenters. The average molecular weight is 331 g/mol. The summed E-state index contributed by atoms with van der Waals surface area (Å²) in [5.74, 6) is 0.507. The Morgan fingerprint density at radius 3 is 2.57 bits per heavy atom. The minimum atomic E-state index is -3.74. The lowest BCUT2D eigenvalue weighted by Gasteiger charge is -2.13. The van der Waals surface area contributed by atoms with Crippen LogP contribution in [-0.4, -0.2) is 35.7 Å². The maximum atomic E-state index is 12.5. The number of aromatic nitrogens is 4. The highest BCUT2D eigenvalue weighted by molar-refractivity contribution is 7.92. The van der Waals surface area contributed by atoms with Crippen molar-refractivity contribution in [1.29, 1.82) is 0 Å². The molecule has 1 N–H and O–H groups in total. The van der Waals surface area contributed by atoms with Gasteiger partial charge in [-0.2, -0.15) is 4.68 Å². The second-order valence-corrected chi connectivity index (χ2v) is 6.24. The van der Waals surface area contributed by atoms with E-state index in [0.717, 1.165) is 0 Å². The Morgan fingerprint density at radius 2 is 1.91 bits per heavy atom. The predicted molar refractivity (Wildman–Crippen MR) is 83.0 cm³/mol. The molecule has 0 saturated carbocycles. The molecule has 0 aliphatic heterocycles. The van der Waals surface area contributed by atoms with Crippen LogP contribution >= 0.6 is 0 Å². The summed E-state index contributed by atoms with van der Waals surface area (Å²) >= 11 is 0. The first-order chi connectivity index (χ1) is 11.1. The SMILES string of the molecule is COc1ccc(-n2cnnn2)c(NS(=O)(=O)c2ccccc2)c1. The number of hydrogen-bond donors (Lipinski definition) is 1. The molecule has 9 heteroatoms. The average Bonchev–Trinajstić information content (AvgIpc) is 3.09. The largest absolute Gasteiger partial charge is 0.497 e. The zero-order valence-electron chi connectivity index (χ0n) is 12.1. The Kier molecular flexibility index (Phi) is 3.94. The van der Waals surface area contributed by atoms with Gasteiger partial charge in [-0.25, -0.2) is 8.42 Å². The van der Waals surface area contributed by atoms with Crippen LogP contribution in [0.5, 0.6) is 5.75 Å². The second-order valence-electron chi connectivity index (χ2n) is 4.56. The van der Waals surface area contributed by atoms with Gasteiger partial charge in [0.15, 0.2) is 0 Å². The van der Waals surface area contributed by atoms with Gasteiger partial charge in [0.2, 0.25) is 0 Å². The third kappa shape index (κ3) is 3.14. The van der Waals surface area contributed by atoms with Gasteiger partial charge in [-0.15, -0.1) is 5.10 Å². The summed E-state index contributed by atoms with van der Waals surface area (Å²) in [6, 6.07) is 13.0. The van der Waals surface area contributed by atoms with Gasteiger partial charge in [0.25, 0.3) is 10.0 Å². The van der Waals surface area contributed by atoms with Crippen molar-refractivity contribution in [3.05, 3.63) is 54.9 Å². The summed E-state index contributed by atoms with van der Waals surface area (Å²) < 4.78 is 34.1. The van der Waals surface area contributed by atoms with Gasteiger partial charge in [-0.05, 0) is 34.7 Å². The molecule has 23 heavy (non-hydrogen) atoms. The molecular weight excluding hydrogens is 318 g/mol. The molecular formula is C14H13N5O3S. The molecule has 0 aliphatic rings. The molecule has 1 aromatic heterocycles. The molecule has 8 nitrogen and oxygen atoms in total. The van der Waals surface area contributed by atoms with Crippen LogP contribution in [0.2, 0.25) is 0 Å². The molecule has 118 valence electrons. The lowest BCUT2D eigenvalue weighted by atomic mass is 10.2. The van der Waals surface area contributed by atoms with Crippen molar-refractivity contribution < 1.29 is 13.2 Å². The number of tetrazole rings is 1. The van der Waals surface area contributed by atoms with Gasteiger partial charge in [0.1, 0.15) is 12.1 Å². The molecule has 0 fully saturated rings. The van der Waals surface area contributed by atoms with Crippen molar-refractivity contribution in [3.63, 3.8) is 0 Å². The summed E-state index contributed by atoms with van der Waals surface area (Å²) in [5.41, 5.74) is 0.788. The summed E-state index contributed by atoms with van der Waals surface area (Å²) in [5, 5.41) is 10.9. The normalized spacial score (nSPS) is 11.2. The van der Waals surface area contributed by atoms with Crippen molar-refractivity contribution >= 4 is 15.7 Å². The lowest BCUT2D eigenvalue weighted by molar-refractivity contribution is 0.415. The van der Waals surface area contributed by atoms with E-state index >= 15 is 0 Å². The van der Waals surface area contributed by atoms with E-state index in [2.05, 4.69) is 20.2 Å². The molecule has 3 rings (SSSR count). The van der Waals surface area contributed by atoms with Crippen LogP contribution in [-0.2, 0) is 10.0 Å². The first kappa shape index (κ1) is 15.0. The zero-order chi connectivity index (χ0) is 16.3. The van der Waals surface area contributed by atoms with Crippen LogP contribution in [0, 0.1) is 0 Å². The van der Waals surface area contributed by atoms with Gasteiger partial charge in [-0.1, -0.05) is 18.2 Å².